The minimum atomic E-state index is -0.180. The largest absolute Gasteiger partial charge is 0.325 e. The van der Waals surface area contributed by atoms with Gasteiger partial charge in [0.15, 0.2) is 0 Å². The van der Waals surface area contributed by atoms with E-state index in [4.69, 9.17) is 0 Å². The average molecular weight is 271 g/mol. The van der Waals surface area contributed by atoms with Crippen LogP contribution in [0.15, 0.2) is 36.4 Å². The van der Waals surface area contributed by atoms with Crippen LogP contribution in [0.2, 0.25) is 0 Å². The minimum absolute atomic E-state index is 0. The molecule has 1 nitrogen and oxygen atoms in total. The van der Waals surface area contributed by atoms with Crippen molar-refractivity contribution in [1.82, 2.24) is 0 Å². The third-order valence-electron chi connectivity index (χ3n) is 2.34. The molecular formula is C13H10OY-2. The van der Waals surface area contributed by atoms with Crippen molar-refractivity contribution in [2.75, 3.05) is 0 Å². The SMILES string of the molecule is [CH2-]C(=O)c1ccc2ccccc2c1[CH2-].[Y]. The van der Waals surface area contributed by atoms with Gasteiger partial charge in [0.2, 0.25) is 0 Å². The first-order valence-electron chi connectivity index (χ1n) is 4.40. The molecule has 2 heteroatoms. The van der Waals surface area contributed by atoms with Gasteiger partial charge >= 0.3 is 0 Å². The van der Waals surface area contributed by atoms with E-state index in [9.17, 15) is 4.79 Å². The molecule has 0 amide bonds. The second-order valence-corrected chi connectivity index (χ2v) is 3.24. The van der Waals surface area contributed by atoms with E-state index in [1.165, 1.54) is 0 Å². The quantitative estimate of drug-likeness (QED) is 0.575. The molecule has 0 saturated carbocycles. The monoisotopic (exact) mass is 271 g/mol. The molecule has 0 aliphatic rings. The van der Waals surface area contributed by atoms with E-state index >= 15 is 0 Å². The maximum absolute atomic E-state index is 11.2. The Bertz CT molecular complexity index is 503. The molecule has 2 rings (SSSR count). The Kier molecular flexibility index (Phi) is 3.95. The molecule has 0 atom stereocenters. The predicted molar refractivity (Wildman–Crippen MR) is 58.1 cm³/mol. The first-order chi connectivity index (χ1) is 6.70. The molecule has 2 aromatic carbocycles. The molecule has 1 radical (unpaired) electrons. The van der Waals surface area contributed by atoms with Crippen LogP contribution in [0.3, 0.4) is 0 Å². The molecule has 0 aliphatic heterocycles. The van der Waals surface area contributed by atoms with E-state index in [1.54, 1.807) is 6.07 Å². The van der Waals surface area contributed by atoms with Gasteiger partial charge < -0.3 is 4.79 Å². The van der Waals surface area contributed by atoms with Crippen LogP contribution in [0.25, 0.3) is 10.8 Å². The molecule has 73 valence electrons. The molecule has 0 saturated heterocycles. The third kappa shape index (κ3) is 2.24. The first kappa shape index (κ1) is 12.3. The number of Topliss-reactive ketones (excluding diaryl/α,β-unsaturated/α-hetero) is 1. The normalized spacial score (nSPS) is 9.60. The summed E-state index contributed by atoms with van der Waals surface area (Å²) in [6.07, 6.45) is 0. The maximum Gasteiger partial charge on any atom is 0.0464 e. The van der Waals surface area contributed by atoms with Gasteiger partial charge in [-0.2, -0.15) is 19.4 Å². The molecule has 0 bridgehead atoms. The fourth-order valence-corrected chi connectivity index (χ4v) is 1.60. The van der Waals surface area contributed by atoms with E-state index in [-0.39, 0.29) is 38.5 Å². The molecule has 0 unspecified atom stereocenters. The van der Waals surface area contributed by atoms with E-state index in [0.29, 0.717) is 5.56 Å². The Labute approximate surface area is 115 Å². The Morgan fingerprint density at radius 3 is 2.40 bits per heavy atom. The van der Waals surface area contributed by atoms with Crippen molar-refractivity contribution in [3.05, 3.63) is 61.4 Å². The molecule has 0 aromatic heterocycles. The Morgan fingerprint density at radius 1 is 1.07 bits per heavy atom. The van der Waals surface area contributed by atoms with E-state index in [2.05, 4.69) is 13.8 Å². The Morgan fingerprint density at radius 2 is 1.73 bits per heavy atom. The van der Waals surface area contributed by atoms with Gasteiger partial charge in [-0.3, -0.25) is 0 Å². The van der Waals surface area contributed by atoms with E-state index < -0.39 is 0 Å². The van der Waals surface area contributed by atoms with Crippen molar-refractivity contribution in [3.63, 3.8) is 0 Å². The molecule has 15 heavy (non-hydrogen) atoms. The van der Waals surface area contributed by atoms with Crippen LogP contribution in [-0.4, -0.2) is 5.78 Å². The Hall–Kier alpha value is -0.786. The van der Waals surface area contributed by atoms with Crippen molar-refractivity contribution in [3.8, 4) is 0 Å². The van der Waals surface area contributed by atoms with Crippen molar-refractivity contribution in [1.29, 1.82) is 0 Å². The summed E-state index contributed by atoms with van der Waals surface area (Å²) in [5, 5.41) is 2.12. The van der Waals surface area contributed by atoms with Crippen LogP contribution in [0.5, 0.6) is 0 Å². The number of hydrogen-bond acceptors (Lipinski definition) is 1. The number of carbonyl (C=O) groups excluding carboxylic acids is 1. The molecule has 0 fully saturated rings. The number of ketones is 1. The number of rotatable bonds is 1. The van der Waals surface area contributed by atoms with Crippen LogP contribution in [0.4, 0.5) is 0 Å². The van der Waals surface area contributed by atoms with Crippen molar-refractivity contribution < 1.29 is 37.5 Å². The van der Waals surface area contributed by atoms with Gasteiger partial charge in [-0.1, -0.05) is 35.2 Å². The van der Waals surface area contributed by atoms with Crippen LogP contribution < -0.4 is 0 Å². The van der Waals surface area contributed by atoms with Gasteiger partial charge in [0.1, 0.15) is 0 Å². The fraction of sp³-hybridized carbons (Fsp3) is 0. The fourth-order valence-electron chi connectivity index (χ4n) is 1.60. The standard InChI is InChI=1S/C13H10O.Y/c1-9-12(10(2)14)8-7-11-5-3-4-6-13(9)11;/h3-8H,1-2H2;/q-2;. The first-order valence-corrected chi connectivity index (χ1v) is 4.40. The van der Waals surface area contributed by atoms with Crippen molar-refractivity contribution in [2.45, 2.75) is 0 Å². The molecule has 0 spiro atoms. The van der Waals surface area contributed by atoms with Gasteiger partial charge in [-0.25, -0.2) is 0 Å². The molecule has 0 heterocycles. The smallest absolute Gasteiger partial charge is 0.0464 e. The van der Waals surface area contributed by atoms with Gasteiger partial charge in [0, 0.05) is 38.5 Å². The number of hydrogen-bond donors (Lipinski definition) is 0. The van der Waals surface area contributed by atoms with E-state index in [1.807, 2.05) is 30.3 Å². The summed E-state index contributed by atoms with van der Waals surface area (Å²) >= 11 is 0. The van der Waals surface area contributed by atoms with Crippen LogP contribution in [0, 0.1) is 13.8 Å². The second kappa shape index (κ2) is 4.82. The van der Waals surface area contributed by atoms with Crippen molar-refractivity contribution >= 4 is 16.6 Å². The number of carbonyl (C=O) groups is 1. The summed E-state index contributed by atoms with van der Waals surface area (Å²) < 4.78 is 0. The number of fused-ring (bicyclic) bond motifs is 1. The van der Waals surface area contributed by atoms with Crippen LogP contribution in [-0.2, 0) is 32.7 Å². The van der Waals surface area contributed by atoms with E-state index in [0.717, 1.165) is 16.3 Å². The summed E-state index contributed by atoms with van der Waals surface area (Å²) in [6, 6.07) is 11.6. The summed E-state index contributed by atoms with van der Waals surface area (Å²) in [5.41, 5.74) is 1.37. The zero-order valence-corrected chi connectivity index (χ0v) is 11.2. The third-order valence-corrected chi connectivity index (χ3v) is 2.34. The van der Waals surface area contributed by atoms with Crippen LogP contribution in [0.1, 0.15) is 15.9 Å². The van der Waals surface area contributed by atoms with Gasteiger partial charge in [0.05, 0.1) is 0 Å². The average Bonchev–Trinajstić information content (AvgIpc) is 2.18. The van der Waals surface area contributed by atoms with Crippen molar-refractivity contribution in [2.24, 2.45) is 0 Å². The summed E-state index contributed by atoms with van der Waals surface area (Å²) in [6.45, 7) is 7.31. The van der Waals surface area contributed by atoms with Gasteiger partial charge in [-0.05, 0) is 0 Å². The summed E-state index contributed by atoms with van der Waals surface area (Å²) in [5.74, 6) is -0.180. The number of benzene rings is 2. The summed E-state index contributed by atoms with van der Waals surface area (Å²) in [7, 11) is 0. The molecule has 0 N–H and O–H groups in total. The van der Waals surface area contributed by atoms with Gasteiger partial charge in [-0.15, -0.1) is 17.5 Å². The summed E-state index contributed by atoms with van der Waals surface area (Å²) in [4.78, 5) is 11.2. The topological polar surface area (TPSA) is 17.1 Å². The van der Waals surface area contributed by atoms with Gasteiger partial charge in [0.25, 0.3) is 0 Å². The molecule has 2 aromatic rings. The van der Waals surface area contributed by atoms with Crippen LogP contribution >= 0.6 is 0 Å². The maximum atomic E-state index is 11.2. The molecular weight excluding hydrogens is 261 g/mol. The minimum Gasteiger partial charge on any atom is -0.325 e. The second-order valence-electron chi connectivity index (χ2n) is 3.24. The zero-order chi connectivity index (χ0) is 10.1. The zero-order valence-electron chi connectivity index (χ0n) is 8.36. The Balaban J connectivity index is 0.00000112. The molecule has 0 aliphatic carbocycles. The predicted octanol–water partition coefficient (Wildman–Crippen LogP) is 3.04.